The standard InChI is InChI=1S/C11H11.C4H10N.2CH3.2ClH.Si.Ti/c1-2-9-7-10-5-3-4-6-11(10)8-9;1-4(2,3)5;;;;;;/h3-8H,2H2,1H3;5H,1-3H3;2*1H3;2*1H;;/q4*-1;;;;+6/p-2. The predicted octanol–water partition coefficient (Wildman–Crippen LogP) is 6.85. The third-order valence-electron chi connectivity index (χ3n) is 2.09. The summed E-state index contributed by atoms with van der Waals surface area (Å²) in [6, 6.07) is 13.0. The molecule has 0 bridgehead atoms. The van der Waals surface area contributed by atoms with Crippen molar-refractivity contribution in [2.75, 3.05) is 0 Å². The van der Waals surface area contributed by atoms with Crippen molar-refractivity contribution in [3.63, 3.8) is 0 Å². The van der Waals surface area contributed by atoms with E-state index in [9.17, 15) is 0 Å². The van der Waals surface area contributed by atoms with Gasteiger partial charge in [0.1, 0.15) is 0 Å². The first kappa shape index (κ1) is 30.2. The minimum Gasteiger partial charge on any atom is 0 e. The van der Waals surface area contributed by atoms with Gasteiger partial charge in [-0.1, -0.05) is 33.8 Å². The van der Waals surface area contributed by atoms with Crippen LogP contribution in [0.25, 0.3) is 16.5 Å². The number of halogens is 2. The molecule has 1 N–H and O–H groups in total. The van der Waals surface area contributed by atoms with Crippen LogP contribution < -0.4 is 0 Å². The van der Waals surface area contributed by atoms with Crippen LogP contribution >= 0.6 is 18.6 Å². The summed E-state index contributed by atoms with van der Waals surface area (Å²) in [6.45, 7) is 7.75. The van der Waals surface area contributed by atoms with E-state index in [1.807, 2.05) is 20.8 Å². The van der Waals surface area contributed by atoms with Crippen LogP contribution in [0.2, 0.25) is 0 Å². The Bertz CT molecular complexity index is 428. The first-order chi connectivity index (χ1) is 8.81. The molecule has 0 saturated heterocycles. The van der Waals surface area contributed by atoms with Crippen LogP contribution in [0.4, 0.5) is 0 Å². The minimum atomic E-state index is -0.556. The van der Waals surface area contributed by atoms with E-state index in [0.29, 0.717) is 0 Å². The Kier molecular flexibility index (Phi) is 22.2. The van der Waals surface area contributed by atoms with E-state index in [1.54, 1.807) is 0 Å². The molecule has 22 heavy (non-hydrogen) atoms. The summed E-state index contributed by atoms with van der Waals surface area (Å²) in [6.07, 6.45) is 1.13. The molecule has 2 aromatic carbocycles. The summed E-state index contributed by atoms with van der Waals surface area (Å²) in [5, 5.41) is 2.73. The number of benzene rings is 1. The van der Waals surface area contributed by atoms with Crippen molar-refractivity contribution in [3.8, 4) is 0 Å². The second-order valence-corrected chi connectivity index (χ2v) is 7.75. The first-order valence-electron chi connectivity index (χ1n) is 6.17. The molecule has 0 heterocycles. The number of nitrogens with one attached hydrogen (secondary N) is 1. The van der Waals surface area contributed by atoms with Crippen molar-refractivity contribution in [3.05, 3.63) is 62.5 Å². The van der Waals surface area contributed by atoms with Crippen molar-refractivity contribution in [2.24, 2.45) is 0 Å². The Balaban J connectivity index is -0.000000129. The van der Waals surface area contributed by atoms with Gasteiger partial charge in [-0.25, -0.2) is 0 Å². The quantitative estimate of drug-likeness (QED) is 0.374. The molecule has 0 fully saturated rings. The third kappa shape index (κ3) is 16.7. The molecular weight excluding hydrogens is 365 g/mol. The molecular formula is C17H27Cl2NSiTi. The first-order valence-corrected chi connectivity index (χ1v) is 10.5. The number of hydrogen-bond acceptors (Lipinski definition) is 0. The summed E-state index contributed by atoms with van der Waals surface area (Å²) in [5.74, 6) is 0. The number of fused-ring (bicyclic) bond motifs is 1. The van der Waals surface area contributed by atoms with E-state index in [1.165, 1.54) is 16.3 Å². The van der Waals surface area contributed by atoms with Crippen molar-refractivity contribution in [1.29, 1.82) is 0 Å². The maximum Gasteiger partial charge on any atom is 0 e. The molecule has 5 heteroatoms. The zero-order chi connectivity index (χ0) is 14.9. The Hall–Kier alpha value is 0.301. The van der Waals surface area contributed by atoms with Crippen LogP contribution in [0.5, 0.6) is 0 Å². The SMILES string of the molecule is CC(C)(C)[NH-].CCc1cc2ccccc2[cH-]1.[CH3-].[CH3-].[Cl][Ti+4][Cl].[Si]. The van der Waals surface area contributed by atoms with Crippen LogP contribution in [0, 0.1) is 14.9 Å². The molecule has 0 aliphatic carbocycles. The van der Waals surface area contributed by atoms with Crippen molar-refractivity contribution < 1.29 is 17.0 Å². The molecule has 0 unspecified atom stereocenters. The second kappa shape index (κ2) is 16.2. The number of hydrogen-bond donors (Lipinski definition) is 0. The van der Waals surface area contributed by atoms with Crippen LogP contribution in [0.3, 0.4) is 0 Å². The summed E-state index contributed by atoms with van der Waals surface area (Å²) >= 11 is -0.556. The minimum absolute atomic E-state index is 0. The number of rotatable bonds is 1. The maximum absolute atomic E-state index is 6.94. The maximum atomic E-state index is 6.94. The normalized spacial score (nSPS) is 9.05. The molecule has 0 aliphatic rings. The smallest absolute Gasteiger partial charge is 0 e. The van der Waals surface area contributed by atoms with E-state index >= 15 is 0 Å². The Morgan fingerprint density at radius 2 is 1.55 bits per heavy atom. The third-order valence-corrected chi connectivity index (χ3v) is 2.09. The zero-order valence-electron chi connectivity index (χ0n) is 14.4. The van der Waals surface area contributed by atoms with Crippen molar-refractivity contribution in [2.45, 2.75) is 39.7 Å². The van der Waals surface area contributed by atoms with Gasteiger partial charge >= 0.3 is 35.6 Å². The van der Waals surface area contributed by atoms with Gasteiger partial charge in [-0.15, -0.1) is 46.1 Å². The van der Waals surface area contributed by atoms with Crippen molar-refractivity contribution in [1.82, 2.24) is 0 Å². The van der Waals surface area contributed by atoms with Gasteiger partial charge in [0.2, 0.25) is 0 Å². The zero-order valence-corrected chi connectivity index (χ0v) is 18.5. The van der Waals surface area contributed by atoms with Gasteiger partial charge in [0.15, 0.2) is 0 Å². The molecule has 0 aliphatic heterocycles. The molecule has 0 aromatic heterocycles. The van der Waals surface area contributed by atoms with Crippen LogP contribution in [0.15, 0.2) is 36.4 Å². The second-order valence-electron chi connectivity index (χ2n) is 5.17. The van der Waals surface area contributed by atoms with Gasteiger partial charge in [-0.05, 0) is 6.42 Å². The Morgan fingerprint density at radius 1 is 1.14 bits per heavy atom. The van der Waals surface area contributed by atoms with Gasteiger partial charge in [-0.2, -0.15) is 6.07 Å². The largest absolute Gasteiger partial charge is 0 e. The van der Waals surface area contributed by atoms with E-state index in [2.05, 4.69) is 43.3 Å². The average molecular weight is 392 g/mol. The molecule has 0 atom stereocenters. The van der Waals surface area contributed by atoms with E-state index in [-0.39, 0.29) is 31.4 Å². The van der Waals surface area contributed by atoms with E-state index < -0.39 is 17.0 Å². The fourth-order valence-electron chi connectivity index (χ4n) is 1.42. The van der Waals surface area contributed by atoms with Crippen LogP contribution in [-0.4, -0.2) is 16.5 Å². The monoisotopic (exact) mass is 391 g/mol. The molecule has 4 radical (unpaired) electrons. The summed E-state index contributed by atoms with van der Waals surface area (Å²) in [7, 11) is 9.78. The summed E-state index contributed by atoms with van der Waals surface area (Å²) in [5.41, 5.74) is 8.12. The summed E-state index contributed by atoms with van der Waals surface area (Å²) in [4.78, 5) is 0. The Morgan fingerprint density at radius 3 is 1.91 bits per heavy atom. The van der Waals surface area contributed by atoms with E-state index in [4.69, 9.17) is 24.3 Å². The fourth-order valence-corrected chi connectivity index (χ4v) is 1.42. The molecule has 2 aromatic rings. The van der Waals surface area contributed by atoms with Gasteiger partial charge in [0, 0.05) is 11.0 Å². The average Bonchev–Trinajstić information content (AvgIpc) is 2.70. The molecule has 0 saturated carbocycles. The van der Waals surface area contributed by atoms with Crippen molar-refractivity contribution >= 4 is 40.3 Å². The fraction of sp³-hybridized carbons (Fsp3) is 0.353. The van der Waals surface area contributed by atoms with Crippen LogP contribution in [0.1, 0.15) is 33.3 Å². The van der Waals surface area contributed by atoms with E-state index in [0.717, 1.165) is 6.42 Å². The van der Waals surface area contributed by atoms with Gasteiger partial charge in [-0.3, -0.25) is 0 Å². The van der Waals surface area contributed by atoms with Gasteiger partial charge in [0.05, 0.1) is 0 Å². The molecule has 2 rings (SSSR count). The van der Waals surface area contributed by atoms with Gasteiger partial charge in [0.25, 0.3) is 0 Å². The molecule has 0 spiro atoms. The topological polar surface area (TPSA) is 23.8 Å². The van der Waals surface area contributed by atoms with Gasteiger partial charge < -0.3 is 20.6 Å². The number of aryl methyl sites for hydroxylation is 1. The molecule has 0 amide bonds. The summed E-state index contributed by atoms with van der Waals surface area (Å²) < 4.78 is 0. The predicted molar refractivity (Wildman–Crippen MR) is 103 cm³/mol. The molecule has 122 valence electrons. The van der Waals surface area contributed by atoms with Crippen LogP contribution in [-0.2, 0) is 23.5 Å². The Labute approximate surface area is 159 Å². The molecule has 1 nitrogen and oxygen atoms in total.